The number of ether oxygens (including phenoxy) is 2. The summed E-state index contributed by atoms with van der Waals surface area (Å²) in [5.41, 5.74) is 2.76. The van der Waals surface area contributed by atoms with Gasteiger partial charge in [-0.3, -0.25) is 4.79 Å². The Balaban J connectivity index is 1.40. The van der Waals surface area contributed by atoms with E-state index in [1.54, 1.807) is 14.2 Å². The predicted molar refractivity (Wildman–Crippen MR) is 129 cm³/mol. The second-order valence-electron chi connectivity index (χ2n) is 8.03. The second-order valence-corrected chi connectivity index (χ2v) is 8.03. The third-order valence-electron chi connectivity index (χ3n) is 6.15. The van der Waals surface area contributed by atoms with Gasteiger partial charge in [0.2, 0.25) is 5.91 Å². The van der Waals surface area contributed by atoms with Gasteiger partial charge in [-0.1, -0.05) is 37.3 Å². The highest BCUT2D eigenvalue weighted by atomic mass is 16.5. The summed E-state index contributed by atoms with van der Waals surface area (Å²) in [5.74, 6) is 2.27. The van der Waals surface area contributed by atoms with Crippen molar-refractivity contribution in [3.8, 4) is 22.8 Å². The minimum absolute atomic E-state index is 0.0849. The molecule has 1 aliphatic rings. The number of amides is 1. The lowest BCUT2D eigenvalue weighted by Crippen LogP contribution is -2.50. The van der Waals surface area contributed by atoms with Gasteiger partial charge in [0.1, 0.15) is 0 Å². The third kappa shape index (κ3) is 4.92. The van der Waals surface area contributed by atoms with E-state index in [9.17, 15) is 4.79 Å². The molecule has 1 saturated heterocycles. The molecule has 33 heavy (non-hydrogen) atoms. The van der Waals surface area contributed by atoms with E-state index in [2.05, 4.69) is 22.0 Å². The topological polar surface area (TPSA) is 67.8 Å². The first-order valence-electron chi connectivity index (χ1n) is 11.3. The Morgan fingerprint density at radius 3 is 2.24 bits per heavy atom. The second kappa shape index (κ2) is 10.3. The molecule has 7 nitrogen and oxygen atoms in total. The summed E-state index contributed by atoms with van der Waals surface area (Å²) in [6.45, 7) is 4.91. The molecule has 4 rings (SSSR count). The summed E-state index contributed by atoms with van der Waals surface area (Å²) in [6, 6.07) is 19.7. The molecule has 1 unspecified atom stereocenters. The van der Waals surface area contributed by atoms with E-state index >= 15 is 0 Å². The van der Waals surface area contributed by atoms with Crippen LogP contribution in [0.3, 0.4) is 0 Å². The first kappa shape index (κ1) is 22.6. The number of hydrogen-bond donors (Lipinski definition) is 0. The monoisotopic (exact) mass is 446 g/mol. The van der Waals surface area contributed by atoms with Crippen LogP contribution < -0.4 is 14.4 Å². The van der Waals surface area contributed by atoms with Crippen molar-refractivity contribution in [2.24, 2.45) is 0 Å². The fourth-order valence-electron chi connectivity index (χ4n) is 4.26. The van der Waals surface area contributed by atoms with Gasteiger partial charge < -0.3 is 19.3 Å². The van der Waals surface area contributed by atoms with Gasteiger partial charge in [0.25, 0.3) is 0 Å². The molecule has 2 heterocycles. The SMILES string of the molecule is CCC(C(=O)N1CCN(c2ccc(-c3ccc(OC)c(OC)c3)nn2)CC1)c1ccccc1. The van der Waals surface area contributed by atoms with Crippen LogP contribution in [-0.4, -0.2) is 61.4 Å². The van der Waals surface area contributed by atoms with Crippen LogP contribution in [0.5, 0.6) is 11.5 Å². The van der Waals surface area contributed by atoms with Crippen molar-refractivity contribution in [1.29, 1.82) is 0 Å². The molecule has 1 fully saturated rings. The van der Waals surface area contributed by atoms with Crippen molar-refractivity contribution in [1.82, 2.24) is 15.1 Å². The lowest BCUT2D eigenvalue weighted by molar-refractivity contribution is -0.133. The van der Waals surface area contributed by atoms with Gasteiger partial charge in [-0.2, -0.15) is 0 Å². The summed E-state index contributed by atoms with van der Waals surface area (Å²) in [6.07, 6.45) is 0.798. The molecule has 3 aromatic rings. The van der Waals surface area contributed by atoms with Crippen molar-refractivity contribution in [2.45, 2.75) is 19.3 Å². The first-order chi connectivity index (χ1) is 16.1. The molecule has 2 aromatic carbocycles. The van der Waals surface area contributed by atoms with Crippen LogP contribution in [0.2, 0.25) is 0 Å². The van der Waals surface area contributed by atoms with Crippen molar-refractivity contribution < 1.29 is 14.3 Å². The Hall–Kier alpha value is -3.61. The number of benzene rings is 2. The molecule has 7 heteroatoms. The van der Waals surface area contributed by atoms with Crippen molar-refractivity contribution >= 4 is 11.7 Å². The van der Waals surface area contributed by atoms with Crippen LogP contribution >= 0.6 is 0 Å². The standard InChI is InChI=1S/C26H30N4O3/c1-4-21(19-8-6-5-7-9-19)26(31)30-16-14-29(15-17-30)25-13-11-22(27-28-25)20-10-12-23(32-2)24(18-20)33-3/h5-13,18,21H,4,14-17H2,1-3H3. The zero-order valence-corrected chi connectivity index (χ0v) is 19.4. The van der Waals surface area contributed by atoms with Gasteiger partial charge in [-0.25, -0.2) is 0 Å². The number of hydrogen-bond acceptors (Lipinski definition) is 6. The first-order valence-corrected chi connectivity index (χ1v) is 11.3. The largest absolute Gasteiger partial charge is 0.493 e. The summed E-state index contributed by atoms with van der Waals surface area (Å²) in [7, 11) is 3.23. The van der Waals surface area contributed by atoms with Crippen LogP contribution in [-0.2, 0) is 4.79 Å². The lowest BCUT2D eigenvalue weighted by Gasteiger charge is -2.36. The molecule has 0 bridgehead atoms. The van der Waals surface area contributed by atoms with Crippen molar-refractivity contribution in [3.05, 3.63) is 66.2 Å². The highest BCUT2D eigenvalue weighted by Gasteiger charge is 2.28. The number of methoxy groups -OCH3 is 2. The Morgan fingerprint density at radius 2 is 1.64 bits per heavy atom. The molecule has 1 atom stereocenters. The fourth-order valence-corrected chi connectivity index (χ4v) is 4.26. The van der Waals surface area contributed by atoms with Crippen LogP contribution in [0, 0.1) is 0 Å². The number of rotatable bonds is 7. The number of carbonyl (C=O) groups is 1. The van der Waals surface area contributed by atoms with Crippen LogP contribution in [0.25, 0.3) is 11.3 Å². The Labute approximate surface area is 195 Å². The molecule has 0 saturated carbocycles. The quantitative estimate of drug-likeness (QED) is 0.546. The van der Waals surface area contributed by atoms with Gasteiger partial charge in [0.15, 0.2) is 17.3 Å². The Morgan fingerprint density at radius 1 is 0.909 bits per heavy atom. The fraction of sp³-hybridized carbons (Fsp3) is 0.346. The van der Waals surface area contributed by atoms with Gasteiger partial charge in [0.05, 0.1) is 25.8 Å². The minimum Gasteiger partial charge on any atom is -0.493 e. The number of piperazine rings is 1. The van der Waals surface area contributed by atoms with Gasteiger partial charge >= 0.3 is 0 Å². The Kier molecular flexibility index (Phi) is 7.07. The molecule has 1 aliphatic heterocycles. The molecule has 0 N–H and O–H groups in total. The van der Waals surface area contributed by atoms with Gasteiger partial charge in [-0.05, 0) is 42.3 Å². The van der Waals surface area contributed by atoms with E-state index in [0.717, 1.165) is 42.1 Å². The molecule has 0 aliphatic carbocycles. The summed E-state index contributed by atoms with van der Waals surface area (Å²) < 4.78 is 10.7. The van der Waals surface area contributed by atoms with E-state index in [1.807, 2.05) is 65.6 Å². The van der Waals surface area contributed by atoms with E-state index in [0.29, 0.717) is 24.6 Å². The van der Waals surface area contributed by atoms with E-state index in [4.69, 9.17) is 9.47 Å². The number of anilines is 1. The molecule has 1 aromatic heterocycles. The highest BCUT2D eigenvalue weighted by Crippen LogP contribution is 2.31. The maximum absolute atomic E-state index is 13.1. The number of carbonyl (C=O) groups excluding carboxylic acids is 1. The highest BCUT2D eigenvalue weighted by molar-refractivity contribution is 5.84. The summed E-state index contributed by atoms with van der Waals surface area (Å²) in [5, 5.41) is 8.87. The molecular weight excluding hydrogens is 416 g/mol. The summed E-state index contributed by atoms with van der Waals surface area (Å²) >= 11 is 0. The molecule has 0 spiro atoms. The van der Waals surface area contributed by atoms with Crippen molar-refractivity contribution in [3.63, 3.8) is 0 Å². The normalized spacial score (nSPS) is 14.6. The maximum atomic E-state index is 13.1. The predicted octanol–water partition coefficient (Wildman–Crippen LogP) is 4.00. The average molecular weight is 447 g/mol. The smallest absolute Gasteiger partial charge is 0.230 e. The zero-order valence-electron chi connectivity index (χ0n) is 19.4. The van der Waals surface area contributed by atoms with Crippen LogP contribution in [0.1, 0.15) is 24.8 Å². The maximum Gasteiger partial charge on any atom is 0.230 e. The Bertz CT molecular complexity index is 1060. The van der Waals surface area contributed by atoms with E-state index < -0.39 is 0 Å². The number of aromatic nitrogens is 2. The van der Waals surface area contributed by atoms with Crippen LogP contribution in [0.15, 0.2) is 60.7 Å². The molecule has 1 amide bonds. The zero-order chi connectivity index (χ0) is 23.2. The summed E-state index contributed by atoms with van der Waals surface area (Å²) in [4.78, 5) is 17.3. The van der Waals surface area contributed by atoms with E-state index in [-0.39, 0.29) is 11.8 Å². The average Bonchev–Trinajstić information content (AvgIpc) is 2.89. The third-order valence-corrected chi connectivity index (χ3v) is 6.15. The molecular formula is C26H30N4O3. The molecule has 172 valence electrons. The van der Waals surface area contributed by atoms with Crippen molar-refractivity contribution in [2.75, 3.05) is 45.3 Å². The van der Waals surface area contributed by atoms with E-state index in [1.165, 1.54) is 0 Å². The number of nitrogens with zero attached hydrogens (tertiary/aromatic N) is 4. The lowest BCUT2D eigenvalue weighted by atomic mass is 9.95. The van der Waals surface area contributed by atoms with Gasteiger partial charge in [0, 0.05) is 31.7 Å². The minimum atomic E-state index is -0.0849. The molecule has 0 radical (unpaired) electrons. The van der Waals surface area contributed by atoms with Crippen LogP contribution in [0.4, 0.5) is 5.82 Å². The van der Waals surface area contributed by atoms with Gasteiger partial charge in [-0.15, -0.1) is 10.2 Å².